The molecule has 1 fully saturated rings. The second-order valence-corrected chi connectivity index (χ2v) is 9.12. The molecular weight excluding hydrogens is 516 g/mol. The first-order valence-electron chi connectivity index (χ1n) is 9.31. The van der Waals surface area contributed by atoms with Crippen LogP contribution in [0.5, 0.6) is 0 Å². The third-order valence-electron chi connectivity index (χ3n) is 4.76. The molecule has 0 spiro atoms. The Morgan fingerprint density at radius 1 is 1.45 bits per heavy atom. The number of ether oxygens (including phenoxy) is 1. The highest BCUT2D eigenvalue weighted by Gasteiger charge is 2.30. The van der Waals surface area contributed by atoms with E-state index in [1.54, 1.807) is 6.07 Å². The lowest BCUT2D eigenvalue weighted by molar-refractivity contribution is -0.121. The molecule has 1 saturated heterocycles. The number of benzene rings is 1. The molecule has 13 heteroatoms. The monoisotopic (exact) mass is 534 g/mol. The van der Waals surface area contributed by atoms with Crippen LogP contribution in [0.1, 0.15) is 19.3 Å². The van der Waals surface area contributed by atoms with E-state index in [9.17, 15) is 18.6 Å². The van der Waals surface area contributed by atoms with Gasteiger partial charge in [-0.2, -0.15) is 0 Å². The molecule has 10 nitrogen and oxygen atoms in total. The van der Waals surface area contributed by atoms with Gasteiger partial charge in [0.25, 0.3) is 16.8 Å². The topological polar surface area (TPSA) is 129 Å². The van der Waals surface area contributed by atoms with E-state index in [0.717, 1.165) is 6.42 Å². The van der Waals surface area contributed by atoms with Crippen molar-refractivity contribution in [2.45, 2.75) is 38.0 Å². The number of halogens is 2. The summed E-state index contributed by atoms with van der Waals surface area (Å²) >= 11 is 7.37. The van der Waals surface area contributed by atoms with Gasteiger partial charge in [0.15, 0.2) is 5.78 Å². The number of fused-ring (bicyclic) bond motifs is 1. The molecule has 2 N–H and O–H groups in total. The maximum absolute atomic E-state index is 12.7. The summed E-state index contributed by atoms with van der Waals surface area (Å²) in [6.07, 6.45) is 1.16. The number of hydrogen-bond donors (Lipinski definition) is 2. The van der Waals surface area contributed by atoms with Gasteiger partial charge in [-0.3, -0.25) is 18.3 Å². The smallest absolute Gasteiger partial charge is 0.421 e. The van der Waals surface area contributed by atoms with Crippen LogP contribution < -0.4 is 15.6 Å². The summed E-state index contributed by atoms with van der Waals surface area (Å²) in [5, 5.41) is 3.84. The van der Waals surface area contributed by atoms with E-state index in [1.807, 2.05) is 4.72 Å². The highest BCUT2D eigenvalue weighted by atomic mass is 79.9. The number of aromatic nitrogens is 2. The van der Waals surface area contributed by atoms with Crippen molar-refractivity contribution in [1.29, 1.82) is 0 Å². The fraction of sp³-hybridized carbons (Fsp3) is 0.444. The highest BCUT2D eigenvalue weighted by molar-refractivity contribution is 9.10. The molecule has 0 radical (unpaired) electrons. The van der Waals surface area contributed by atoms with Crippen molar-refractivity contribution >= 4 is 61.6 Å². The van der Waals surface area contributed by atoms with E-state index in [0.29, 0.717) is 33.4 Å². The number of amides is 1. The second-order valence-electron chi connectivity index (χ2n) is 6.85. The van der Waals surface area contributed by atoms with Gasteiger partial charge in [-0.25, -0.2) is 18.7 Å². The first-order valence-corrected chi connectivity index (χ1v) is 11.6. The van der Waals surface area contributed by atoms with Gasteiger partial charge in [-0.05, 0) is 47.4 Å². The molecule has 0 aliphatic carbocycles. The van der Waals surface area contributed by atoms with Crippen molar-refractivity contribution in [2.75, 3.05) is 13.7 Å². The lowest BCUT2D eigenvalue weighted by Crippen LogP contribution is -2.49. The Bertz CT molecular complexity index is 1080. The molecule has 2 aromatic rings. The number of hydrogen-bond acceptors (Lipinski definition) is 8. The molecule has 3 rings (SSSR count). The largest absolute Gasteiger partial charge is 0.444 e. The standard InChI is InChI=1S/C18H20BrClN4O6S/c1-29-31(28)23-18(27)30-16-3-2-4-21-15(16)5-10(25)8-24-9-22-14-7-12(19)13(20)6-11(14)17(24)26/h6-7,9,15-16,21H,2-5,8H2,1H3,(H,23,27). The number of nitrogens with zero attached hydrogens (tertiary/aromatic N) is 2. The van der Waals surface area contributed by atoms with Gasteiger partial charge < -0.3 is 10.1 Å². The number of ketones is 1. The van der Waals surface area contributed by atoms with Gasteiger partial charge in [0.05, 0.1) is 41.9 Å². The van der Waals surface area contributed by atoms with Crippen molar-refractivity contribution in [3.8, 4) is 0 Å². The Labute approximate surface area is 193 Å². The van der Waals surface area contributed by atoms with E-state index >= 15 is 0 Å². The van der Waals surface area contributed by atoms with Gasteiger partial charge in [-0.15, -0.1) is 0 Å². The number of carbonyl (C=O) groups excluding carboxylic acids is 2. The fourth-order valence-corrected chi connectivity index (χ4v) is 4.07. The summed E-state index contributed by atoms with van der Waals surface area (Å²) in [5.74, 6) is -0.236. The van der Waals surface area contributed by atoms with Crippen LogP contribution in [-0.4, -0.2) is 51.4 Å². The molecule has 0 bridgehead atoms. The predicted molar refractivity (Wildman–Crippen MR) is 118 cm³/mol. The SMILES string of the molecule is COS(=O)NC(=O)OC1CCCNC1CC(=O)Cn1cnc2cc(Br)c(Cl)cc2c1=O. The summed E-state index contributed by atoms with van der Waals surface area (Å²) in [4.78, 5) is 41.4. The van der Waals surface area contributed by atoms with E-state index in [-0.39, 0.29) is 24.3 Å². The first kappa shape index (κ1) is 23.8. The summed E-state index contributed by atoms with van der Waals surface area (Å²) in [6, 6.07) is 2.71. The molecule has 0 saturated carbocycles. The van der Waals surface area contributed by atoms with Gasteiger partial charge in [0.2, 0.25) is 0 Å². The van der Waals surface area contributed by atoms with Crippen molar-refractivity contribution in [3.05, 3.63) is 38.3 Å². The third-order valence-corrected chi connectivity index (χ3v) is 6.59. The Kier molecular flexibility index (Phi) is 8.17. The predicted octanol–water partition coefficient (Wildman–Crippen LogP) is 1.84. The summed E-state index contributed by atoms with van der Waals surface area (Å²) < 4.78 is 24.9. The van der Waals surface area contributed by atoms with Crippen molar-refractivity contribution in [2.24, 2.45) is 0 Å². The molecule has 1 aliphatic rings. The minimum atomic E-state index is -2.00. The fourth-order valence-electron chi connectivity index (χ4n) is 3.31. The van der Waals surface area contributed by atoms with Crippen LogP contribution in [0.15, 0.2) is 27.7 Å². The average Bonchev–Trinajstić information content (AvgIpc) is 2.73. The van der Waals surface area contributed by atoms with Gasteiger partial charge in [-0.1, -0.05) is 11.6 Å². The average molecular weight is 536 g/mol. The molecule has 168 valence electrons. The Hall–Kier alpha value is -1.86. The first-order chi connectivity index (χ1) is 14.8. The quantitative estimate of drug-likeness (QED) is 0.550. The third kappa shape index (κ3) is 6.10. The minimum Gasteiger partial charge on any atom is -0.444 e. The second kappa shape index (κ2) is 10.6. The van der Waals surface area contributed by atoms with Crippen molar-refractivity contribution < 1.29 is 22.7 Å². The zero-order valence-corrected chi connectivity index (χ0v) is 19.6. The molecule has 2 heterocycles. The molecule has 1 aromatic carbocycles. The van der Waals surface area contributed by atoms with E-state index in [2.05, 4.69) is 30.4 Å². The Balaban J connectivity index is 1.68. The maximum Gasteiger partial charge on any atom is 0.421 e. The zero-order chi connectivity index (χ0) is 22.5. The number of Topliss-reactive ketones (excluding diaryl/α,β-unsaturated/α-hetero) is 1. The van der Waals surface area contributed by atoms with E-state index < -0.39 is 29.5 Å². The number of piperidine rings is 1. The van der Waals surface area contributed by atoms with Crippen LogP contribution in [0, 0.1) is 0 Å². The van der Waals surface area contributed by atoms with Crippen LogP contribution >= 0.6 is 27.5 Å². The normalized spacial score (nSPS) is 19.7. The number of rotatable bonds is 7. The van der Waals surface area contributed by atoms with E-state index in [1.165, 1.54) is 24.1 Å². The molecular formula is C18H20BrClN4O6S. The lowest BCUT2D eigenvalue weighted by Gasteiger charge is -2.31. The zero-order valence-electron chi connectivity index (χ0n) is 16.4. The van der Waals surface area contributed by atoms with Gasteiger partial charge >= 0.3 is 6.09 Å². The van der Waals surface area contributed by atoms with E-state index in [4.69, 9.17) is 16.3 Å². The Morgan fingerprint density at radius 3 is 2.97 bits per heavy atom. The molecule has 1 amide bonds. The molecule has 1 aliphatic heterocycles. The Morgan fingerprint density at radius 2 is 2.23 bits per heavy atom. The van der Waals surface area contributed by atoms with Crippen LogP contribution in [0.2, 0.25) is 5.02 Å². The molecule has 3 atom stereocenters. The van der Waals surface area contributed by atoms with Gasteiger partial charge in [0.1, 0.15) is 6.10 Å². The molecule has 31 heavy (non-hydrogen) atoms. The van der Waals surface area contributed by atoms with Crippen LogP contribution in [0.25, 0.3) is 10.9 Å². The number of carbonyl (C=O) groups is 2. The van der Waals surface area contributed by atoms with Gasteiger partial charge in [0, 0.05) is 10.9 Å². The van der Waals surface area contributed by atoms with Crippen LogP contribution in [-0.2, 0) is 31.5 Å². The van der Waals surface area contributed by atoms with Crippen LogP contribution in [0.4, 0.5) is 4.79 Å². The number of nitrogens with one attached hydrogen (secondary N) is 2. The lowest BCUT2D eigenvalue weighted by atomic mass is 9.96. The van der Waals surface area contributed by atoms with Crippen molar-refractivity contribution in [1.82, 2.24) is 19.6 Å². The van der Waals surface area contributed by atoms with Crippen molar-refractivity contribution in [3.63, 3.8) is 0 Å². The summed E-state index contributed by atoms with van der Waals surface area (Å²) in [5.41, 5.74) is 0.0884. The molecule has 3 unspecified atom stereocenters. The highest BCUT2D eigenvalue weighted by Crippen LogP contribution is 2.25. The maximum atomic E-state index is 12.7. The summed E-state index contributed by atoms with van der Waals surface area (Å²) in [7, 11) is 1.18. The molecule has 1 aromatic heterocycles. The summed E-state index contributed by atoms with van der Waals surface area (Å²) in [6.45, 7) is 0.481. The van der Waals surface area contributed by atoms with Crippen LogP contribution in [0.3, 0.4) is 0 Å². The minimum absolute atomic E-state index is 0.0386.